The van der Waals surface area contributed by atoms with E-state index >= 15 is 0 Å². The van der Waals surface area contributed by atoms with Crippen molar-refractivity contribution in [2.24, 2.45) is 7.05 Å². The molecular weight excluding hydrogens is 190 g/mol. The molecule has 0 amide bonds. The molecule has 5 heteroatoms. The summed E-state index contributed by atoms with van der Waals surface area (Å²) >= 11 is 0. The van der Waals surface area contributed by atoms with E-state index in [0.29, 0.717) is 0 Å². The molecule has 15 heavy (non-hydrogen) atoms. The van der Waals surface area contributed by atoms with Crippen LogP contribution in [-0.4, -0.2) is 21.1 Å². The summed E-state index contributed by atoms with van der Waals surface area (Å²) in [6, 6.07) is 2.05. The summed E-state index contributed by atoms with van der Waals surface area (Å²) in [5.74, 6) is 0. The highest BCUT2D eigenvalue weighted by Crippen LogP contribution is 2.22. The Labute approximate surface area is 86.8 Å². The molecule has 0 fully saturated rings. The van der Waals surface area contributed by atoms with Gasteiger partial charge in [-0.05, 0) is 6.07 Å². The van der Waals surface area contributed by atoms with Gasteiger partial charge in [-0.3, -0.25) is 0 Å². The summed E-state index contributed by atoms with van der Waals surface area (Å²) in [7, 11) is 1.98. The third-order valence-electron chi connectivity index (χ3n) is 2.59. The lowest BCUT2D eigenvalue weighted by Crippen LogP contribution is -2.20. The number of fused-ring (bicyclic) bond motifs is 1. The molecule has 1 aliphatic heterocycles. The van der Waals surface area contributed by atoms with Crippen molar-refractivity contribution >= 4 is 16.6 Å². The monoisotopic (exact) mass is 201 g/mol. The van der Waals surface area contributed by atoms with Crippen LogP contribution in [0.3, 0.4) is 0 Å². The molecule has 76 valence electrons. The standard InChI is InChI=1S/C10H11N5/c1-15-3-2-8-9(7-4-13-14-5-7)11-6-12-10(8)15/h2-4,6,13-14H,5H2,1H3. The van der Waals surface area contributed by atoms with E-state index in [-0.39, 0.29) is 0 Å². The summed E-state index contributed by atoms with van der Waals surface area (Å²) in [4.78, 5) is 8.59. The van der Waals surface area contributed by atoms with Crippen LogP contribution in [0, 0.1) is 0 Å². The van der Waals surface area contributed by atoms with E-state index in [0.717, 1.165) is 28.8 Å². The molecule has 3 rings (SSSR count). The van der Waals surface area contributed by atoms with Gasteiger partial charge in [0.2, 0.25) is 0 Å². The van der Waals surface area contributed by atoms with E-state index in [2.05, 4.69) is 20.8 Å². The number of hydrogen-bond acceptors (Lipinski definition) is 4. The van der Waals surface area contributed by atoms with Crippen molar-refractivity contribution in [2.75, 3.05) is 6.54 Å². The first kappa shape index (κ1) is 8.43. The molecule has 0 saturated heterocycles. The Morgan fingerprint density at radius 1 is 1.40 bits per heavy atom. The first-order chi connectivity index (χ1) is 7.36. The summed E-state index contributed by atoms with van der Waals surface area (Å²) in [5, 5.41) is 1.09. The summed E-state index contributed by atoms with van der Waals surface area (Å²) in [6.07, 6.45) is 5.55. The molecule has 5 nitrogen and oxygen atoms in total. The lowest BCUT2D eigenvalue weighted by atomic mass is 10.1. The Bertz CT molecular complexity index is 540. The molecule has 0 radical (unpaired) electrons. The fourth-order valence-electron chi connectivity index (χ4n) is 1.82. The van der Waals surface area contributed by atoms with Gasteiger partial charge in [-0.25, -0.2) is 15.4 Å². The Morgan fingerprint density at radius 3 is 3.13 bits per heavy atom. The highest BCUT2D eigenvalue weighted by molar-refractivity contribution is 5.89. The van der Waals surface area contributed by atoms with Gasteiger partial charge in [-0.15, -0.1) is 0 Å². The average Bonchev–Trinajstić information content (AvgIpc) is 2.88. The number of rotatable bonds is 1. The van der Waals surface area contributed by atoms with Crippen LogP contribution < -0.4 is 10.9 Å². The van der Waals surface area contributed by atoms with Crippen molar-refractivity contribution in [2.45, 2.75) is 0 Å². The Hall–Kier alpha value is -1.88. The molecule has 0 aromatic carbocycles. The van der Waals surface area contributed by atoms with E-state index in [1.54, 1.807) is 6.33 Å². The third-order valence-corrected chi connectivity index (χ3v) is 2.59. The number of aromatic nitrogens is 3. The lowest BCUT2D eigenvalue weighted by molar-refractivity contribution is 0.729. The molecule has 2 aromatic rings. The Balaban J connectivity index is 2.26. The minimum Gasteiger partial charge on any atom is -0.335 e. The van der Waals surface area contributed by atoms with Crippen LogP contribution in [0.5, 0.6) is 0 Å². The van der Waals surface area contributed by atoms with E-state index < -0.39 is 0 Å². The van der Waals surface area contributed by atoms with Crippen LogP contribution in [0.2, 0.25) is 0 Å². The lowest BCUT2D eigenvalue weighted by Gasteiger charge is -2.01. The van der Waals surface area contributed by atoms with Gasteiger partial charge in [0.05, 0.1) is 5.69 Å². The number of nitrogens with one attached hydrogen (secondary N) is 2. The highest BCUT2D eigenvalue weighted by atomic mass is 15.4. The van der Waals surface area contributed by atoms with E-state index in [1.807, 2.05) is 30.1 Å². The van der Waals surface area contributed by atoms with E-state index in [4.69, 9.17) is 0 Å². The summed E-state index contributed by atoms with van der Waals surface area (Å²) in [5.41, 5.74) is 9.12. The fraction of sp³-hybridized carbons (Fsp3) is 0.200. The van der Waals surface area contributed by atoms with Gasteiger partial charge in [-0.2, -0.15) is 0 Å². The minimum absolute atomic E-state index is 0.793. The number of aryl methyl sites for hydroxylation is 1. The zero-order valence-electron chi connectivity index (χ0n) is 8.36. The topological polar surface area (TPSA) is 54.8 Å². The zero-order valence-corrected chi connectivity index (χ0v) is 8.36. The summed E-state index contributed by atoms with van der Waals surface area (Å²) < 4.78 is 2.00. The molecule has 2 N–H and O–H groups in total. The van der Waals surface area contributed by atoms with E-state index in [9.17, 15) is 0 Å². The van der Waals surface area contributed by atoms with Gasteiger partial charge in [0, 0.05) is 36.9 Å². The largest absolute Gasteiger partial charge is 0.335 e. The Kier molecular flexibility index (Phi) is 1.72. The van der Waals surface area contributed by atoms with Crippen molar-refractivity contribution in [3.63, 3.8) is 0 Å². The van der Waals surface area contributed by atoms with Crippen LogP contribution in [-0.2, 0) is 7.05 Å². The van der Waals surface area contributed by atoms with Crippen LogP contribution in [0.4, 0.5) is 0 Å². The first-order valence-electron chi connectivity index (χ1n) is 4.80. The van der Waals surface area contributed by atoms with Crippen molar-refractivity contribution in [1.29, 1.82) is 0 Å². The van der Waals surface area contributed by atoms with Gasteiger partial charge in [0.15, 0.2) is 0 Å². The maximum atomic E-state index is 4.33. The van der Waals surface area contributed by atoms with Crippen molar-refractivity contribution in [3.8, 4) is 0 Å². The third kappa shape index (κ3) is 1.20. The minimum atomic E-state index is 0.793. The molecule has 0 unspecified atom stereocenters. The molecular formula is C10H11N5. The molecule has 2 aromatic heterocycles. The molecule has 0 atom stereocenters. The van der Waals surface area contributed by atoms with Gasteiger partial charge in [0.1, 0.15) is 12.0 Å². The zero-order chi connectivity index (χ0) is 10.3. The summed E-state index contributed by atoms with van der Waals surface area (Å²) in [6.45, 7) is 0.793. The Morgan fingerprint density at radius 2 is 2.33 bits per heavy atom. The maximum Gasteiger partial charge on any atom is 0.143 e. The fourth-order valence-corrected chi connectivity index (χ4v) is 1.82. The molecule has 0 aliphatic carbocycles. The second-order valence-electron chi connectivity index (χ2n) is 3.55. The number of nitrogens with zero attached hydrogens (tertiary/aromatic N) is 3. The van der Waals surface area contributed by atoms with E-state index in [1.165, 1.54) is 0 Å². The van der Waals surface area contributed by atoms with Gasteiger partial charge < -0.3 is 9.99 Å². The van der Waals surface area contributed by atoms with Crippen molar-refractivity contribution < 1.29 is 0 Å². The second-order valence-corrected chi connectivity index (χ2v) is 3.55. The smallest absolute Gasteiger partial charge is 0.143 e. The van der Waals surface area contributed by atoms with Crippen LogP contribution in [0.1, 0.15) is 5.69 Å². The molecule has 0 bridgehead atoms. The molecule has 3 heterocycles. The predicted octanol–water partition coefficient (Wildman–Crippen LogP) is 0.417. The van der Waals surface area contributed by atoms with Gasteiger partial charge >= 0.3 is 0 Å². The number of hydrogen-bond donors (Lipinski definition) is 2. The normalized spacial score (nSPS) is 15.4. The molecule has 0 spiro atoms. The first-order valence-corrected chi connectivity index (χ1v) is 4.80. The van der Waals surface area contributed by atoms with Gasteiger partial charge in [-0.1, -0.05) is 0 Å². The predicted molar refractivity (Wildman–Crippen MR) is 57.6 cm³/mol. The maximum absolute atomic E-state index is 4.33. The quantitative estimate of drug-likeness (QED) is 0.702. The molecule has 0 saturated carbocycles. The van der Waals surface area contributed by atoms with Crippen LogP contribution >= 0.6 is 0 Å². The molecule has 1 aliphatic rings. The van der Waals surface area contributed by atoms with Gasteiger partial charge in [0.25, 0.3) is 0 Å². The second kappa shape index (κ2) is 3.06. The van der Waals surface area contributed by atoms with Crippen molar-refractivity contribution in [3.05, 3.63) is 30.5 Å². The highest BCUT2D eigenvalue weighted by Gasteiger charge is 2.13. The van der Waals surface area contributed by atoms with Crippen LogP contribution in [0.25, 0.3) is 16.6 Å². The average molecular weight is 201 g/mol. The number of hydrazine groups is 1. The van der Waals surface area contributed by atoms with Crippen molar-refractivity contribution in [1.82, 2.24) is 25.4 Å². The SMILES string of the molecule is Cn1ccc2c(C3=CNNC3)ncnc21. The van der Waals surface area contributed by atoms with Crippen LogP contribution in [0.15, 0.2) is 24.8 Å².